The molecule has 0 saturated heterocycles. The summed E-state index contributed by atoms with van der Waals surface area (Å²) in [4.78, 5) is 8.64. The van der Waals surface area contributed by atoms with E-state index < -0.39 is 0 Å². The van der Waals surface area contributed by atoms with Gasteiger partial charge in [0.2, 0.25) is 0 Å². The van der Waals surface area contributed by atoms with Crippen LogP contribution in [0.25, 0.3) is 10.9 Å². The van der Waals surface area contributed by atoms with Gasteiger partial charge in [0.15, 0.2) is 0 Å². The van der Waals surface area contributed by atoms with Crippen molar-refractivity contribution in [3.63, 3.8) is 0 Å². The van der Waals surface area contributed by atoms with E-state index in [-0.39, 0.29) is 0 Å². The van der Waals surface area contributed by atoms with Crippen molar-refractivity contribution < 1.29 is 0 Å². The van der Waals surface area contributed by atoms with Crippen molar-refractivity contribution in [1.82, 2.24) is 9.97 Å². The first-order chi connectivity index (χ1) is 7.09. The van der Waals surface area contributed by atoms with Gasteiger partial charge >= 0.3 is 0 Å². The molecule has 1 heterocycles. The maximum Gasteiger partial charge on any atom is 0.116 e. The lowest BCUT2D eigenvalue weighted by Gasteiger charge is -2.09. The SMILES string of the molecule is Cc1cc2ncnc(C(C)C)c2cc1Br. The van der Waals surface area contributed by atoms with Crippen molar-refractivity contribution in [2.75, 3.05) is 0 Å². The van der Waals surface area contributed by atoms with Crippen molar-refractivity contribution >= 4 is 26.8 Å². The lowest BCUT2D eigenvalue weighted by Crippen LogP contribution is -1.96. The van der Waals surface area contributed by atoms with Gasteiger partial charge in [-0.3, -0.25) is 0 Å². The summed E-state index contributed by atoms with van der Waals surface area (Å²) in [7, 11) is 0. The first-order valence-electron chi connectivity index (χ1n) is 5.00. The number of fused-ring (bicyclic) bond motifs is 1. The minimum Gasteiger partial charge on any atom is -0.240 e. The Morgan fingerprint density at radius 1 is 1.20 bits per heavy atom. The summed E-state index contributed by atoms with van der Waals surface area (Å²) in [6.45, 7) is 6.37. The summed E-state index contributed by atoms with van der Waals surface area (Å²) in [6.07, 6.45) is 1.64. The number of rotatable bonds is 1. The topological polar surface area (TPSA) is 25.8 Å². The average Bonchev–Trinajstić information content (AvgIpc) is 2.18. The lowest BCUT2D eigenvalue weighted by atomic mass is 10.0. The zero-order valence-electron chi connectivity index (χ0n) is 9.08. The predicted octanol–water partition coefficient (Wildman–Crippen LogP) is 3.82. The Morgan fingerprint density at radius 3 is 2.60 bits per heavy atom. The van der Waals surface area contributed by atoms with Crippen LogP contribution in [0, 0.1) is 6.92 Å². The highest BCUT2D eigenvalue weighted by Gasteiger charge is 2.08. The van der Waals surface area contributed by atoms with Crippen molar-refractivity contribution in [3.05, 3.63) is 34.2 Å². The standard InChI is InChI=1S/C12H13BrN2/c1-7(2)12-9-5-10(13)8(3)4-11(9)14-6-15-12/h4-7H,1-3H3. The zero-order valence-corrected chi connectivity index (χ0v) is 10.7. The monoisotopic (exact) mass is 264 g/mol. The van der Waals surface area contributed by atoms with Crippen LogP contribution in [-0.2, 0) is 0 Å². The summed E-state index contributed by atoms with van der Waals surface area (Å²) < 4.78 is 1.12. The molecule has 0 atom stereocenters. The van der Waals surface area contributed by atoms with E-state index in [1.807, 2.05) is 0 Å². The number of benzene rings is 1. The maximum absolute atomic E-state index is 4.35. The van der Waals surface area contributed by atoms with Crippen LogP contribution in [0.2, 0.25) is 0 Å². The van der Waals surface area contributed by atoms with E-state index in [0.717, 1.165) is 21.1 Å². The van der Waals surface area contributed by atoms with E-state index in [4.69, 9.17) is 0 Å². The number of aromatic nitrogens is 2. The van der Waals surface area contributed by atoms with Gasteiger partial charge in [0.25, 0.3) is 0 Å². The summed E-state index contributed by atoms with van der Waals surface area (Å²) in [5, 5.41) is 1.14. The van der Waals surface area contributed by atoms with Crippen LogP contribution < -0.4 is 0 Å². The molecule has 1 aromatic heterocycles. The van der Waals surface area contributed by atoms with Crippen LogP contribution in [0.5, 0.6) is 0 Å². The quantitative estimate of drug-likeness (QED) is 0.783. The second-order valence-electron chi connectivity index (χ2n) is 4.03. The average molecular weight is 265 g/mol. The first-order valence-corrected chi connectivity index (χ1v) is 5.79. The third-order valence-electron chi connectivity index (χ3n) is 2.49. The molecule has 0 amide bonds. The Kier molecular flexibility index (Phi) is 2.74. The molecule has 0 aliphatic heterocycles. The van der Waals surface area contributed by atoms with E-state index in [2.05, 4.69) is 58.8 Å². The maximum atomic E-state index is 4.35. The van der Waals surface area contributed by atoms with Gasteiger partial charge in [0.1, 0.15) is 6.33 Å². The van der Waals surface area contributed by atoms with Gasteiger partial charge in [0, 0.05) is 9.86 Å². The van der Waals surface area contributed by atoms with Crippen LogP contribution in [0.15, 0.2) is 22.9 Å². The molecule has 0 fully saturated rings. The largest absolute Gasteiger partial charge is 0.240 e. The Balaban J connectivity index is 2.80. The molecule has 3 heteroatoms. The van der Waals surface area contributed by atoms with Crippen molar-refractivity contribution in [2.45, 2.75) is 26.7 Å². The normalized spacial score (nSPS) is 11.3. The molecule has 0 aliphatic carbocycles. The fourth-order valence-electron chi connectivity index (χ4n) is 1.66. The molecule has 15 heavy (non-hydrogen) atoms. The van der Waals surface area contributed by atoms with Gasteiger partial charge in [-0.15, -0.1) is 0 Å². The Bertz CT molecular complexity index is 506. The summed E-state index contributed by atoms with van der Waals surface area (Å²) in [6, 6.07) is 4.20. The predicted molar refractivity (Wildman–Crippen MR) is 66.1 cm³/mol. The highest BCUT2D eigenvalue weighted by atomic mass is 79.9. The summed E-state index contributed by atoms with van der Waals surface area (Å²) in [5.74, 6) is 0.421. The van der Waals surface area contributed by atoms with Crippen LogP contribution in [-0.4, -0.2) is 9.97 Å². The fourth-order valence-corrected chi connectivity index (χ4v) is 2.00. The third kappa shape index (κ3) is 1.88. The van der Waals surface area contributed by atoms with Crippen LogP contribution >= 0.6 is 15.9 Å². The molecule has 0 N–H and O–H groups in total. The van der Waals surface area contributed by atoms with E-state index in [9.17, 15) is 0 Å². The number of nitrogens with zero attached hydrogens (tertiary/aromatic N) is 2. The molecule has 0 bridgehead atoms. The van der Waals surface area contributed by atoms with Gasteiger partial charge in [-0.05, 0) is 30.5 Å². The van der Waals surface area contributed by atoms with Crippen molar-refractivity contribution in [3.8, 4) is 0 Å². The minimum absolute atomic E-state index is 0.421. The Labute approximate surface area is 97.9 Å². The number of aryl methyl sites for hydroxylation is 1. The van der Waals surface area contributed by atoms with Gasteiger partial charge in [0.05, 0.1) is 11.2 Å². The molecule has 0 spiro atoms. The van der Waals surface area contributed by atoms with Crippen molar-refractivity contribution in [1.29, 1.82) is 0 Å². The molecule has 0 radical (unpaired) electrons. The van der Waals surface area contributed by atoms with Crippen molar-refractivity contribution in [2.24, 2.45) is 0 Å². The fraction of sp³-hybridized carbons (Fsp3) is 0.333. The number of halogens is 1. The molecular formula is C12H13BrN2. The molecule has 2 nitrogen and oxygen atoms in total. The lowest BCUT2D eigenvalue weighted by molar-refractivity contribution is 0.828. The molecule has 2 rings (SSSR count). The van der Waals surface area contributed by atoms with E-state index in [1.54, 1.807) is 6.33 Å². The number of hydrogen-bond donors (Lipinski definition) is 0. The van der Waals surface area contributed by atoms with E-state index in [0.29, 0.717) is 5.92 Å². The second kappa shape index (κ2) is 3.89. The molecule has 1 aromatic carbocycles. The van der Waals surface area contributed by atoms with Crippen LogP contribution in [0.3, 0.4) is 0 Å². The highest BCUT2D eigenvalue weighted by molar-refractivity contribution is 9.10. The van der Waals surface area contributed by atoms with Gasteiger partial charge in [-0.1, -0.05) is 29.8 Å². The van der Waals surface area contributed by atoms with Gasteiger partial charge < -0.3 is 0 Å². The highest BCUT2D eigenvalue weighted by Crippen LogP contribution is 2.27. The summed E-state index contributed by atoms with van der Waals surface area (Å²) in [5.41, 5.74) is 3.34. The first kappa shape index (κ1) is 10.6. The smallest absolute Gasteiger partial charge is 0.116 e. The molecule has 2 aromatic rings. The number of hydrogen-bond acceptors (Lipinski definition) is 2. The Morgan fingerprint density at radius 2 is 1.93 bits per heavy atom. The van der Waals surface area contributed by atoms with E-state index in [1.165, 1.54) is 5.56 Å². The van der Waals surface area contributed by atoms with Crippen LogP contribution in [0.1, 0.15) is 31.0 Å². The molecule has 0 unspecified atom stereocenters. The molecule has 0 aliphatic rings. The zero-order chi connectivity index (χ0) is 11.0. The van der Waals surface area contributed by atoms with E-state index >= 15 is 0 Å². The third-order valence-corrected chi connectivity index (χ3v) is 3.35. The van der Waals surface area contributed by atoms with Gasteiger partial charge in [-0.25, -0.2) is 9.97 Å². The second-order valence-corrected chi connectivity index (χ2v) is 4.89. The minimum atomic E-state index is 0.421. The molecule has 78 valence electrons. The van der Waals surface area contributed by atoms with Crippen LogP contribution in [0.4, 0.5) is 0 Å². The Hall–Kier alpha value is -0.960. The molecule has 0 saturated carbocycles. The summed E-state index contributed by atoms with van der Waals surface area (Å²) >= 11 is 3.54. The molecular weight excluding hydrogens is 252 g/mol. The van der Waals surface area contributed by atoms with Gasteiger partial charge in [-0.2, -0.15) is 0 Å².